The van der Waals surface area contributed by atoms with E-state index in [-0.39, 0.29) is 17.9 Å². The number of nitrogens with zero attached hydrogens (tertiary/aromatic N) is 2. The monoisotopic (exact) mass is 503 g/mol. The molecule has 0 spiro atoms. The fourth-order valence-corrected chi connectivity index (χ4v) is 6.00. The van der Waals surface area contributed by atoms with Gasteiger partial charge in [-0.05, 0) is 74.6 Å². The van der Waals surface area contributed by atoms with Crippen molar-refractivity contribution in [2.24, 2.45) is 0 Å². The Balaban J connectivity index is 1.63. The van der Waals surface area contributed by atoms with Gasteiger partial charge in [0, 0.05) is 16.1 Å². The number of methoxy groups -OCH3 is 1. The first-order valence-corrected chi connectivity index (χ1v) is 12.5. The van der Waals surface area contributed by atoms with Crippen LogP contribution in [0.5, 0.6) is 5.75 Å². The number of Topliss-reactive ketones (excluding diaryl/α,β-unsaturated/α-hetero) is 1. The third kappa shape index (κ3) is 4.26. The zero-order valence-electron chi connectivity index (χ0n) is 20.0. The first-order valence-electron chi connectivity index (χ1n) is 11.7. The standard InChI is InChI=1S/C27H25N3O5S/c1-16(31)17-6-5-7-18(14-17)28-23(32)15-29-26-24(21-8-3-4-9-22(21)36-26)25(33)30(27(29)34)19-10-12-20(35-2)13-11-19/h5-7,10-14H,3-4,8-9,15H2,1-2H3,(H,28,32). The topological polar surface area (TPSA) is 99.4 Å². The second kappa shape index (κ2) is 9.58. The molecule has 0 saturated heterocycles. The average Bonchev–Trinajstić information content (AvgIpc) is 3.27. The number of carbonyl (C=O) groups excluding carboxylic acids is 2. The van der Waals surface area contributed by atoms with Gasteiger partial charge in [0.25, 0.3) is 5.56 Å². The summed E-state index contributed by atoms with van der Waals surface area (Å²) in [7, 11) is 1.54. The second-order valence-electron chi connectivity index (χ2n) is 8.78. The first kappa shape index (κ1) is 23.7. The maximum atomic E-state index is 13.7. The number of nitrogens with one attached hydrogen (secondary N) is 1. The van der Waals surface area contributed by atoms with Crippen molar-refractivity contribution in [2.75, 3.05) is 12.4 Å². The number of ether oxygens (including phenoxy) is 1. The molecule has 2 aromatic heterocycles. The molecular weight excluding hydrogens is 478 g/mol. The Hall–Kier alpha value is -3.98. The number of aromatic nitrogens is 2. The fourth-order valence-electron chi connectivity index (χ4n) is 4.63. The van der Waals surface area contributed by atoms with Crippen LogP contribution >= 0.6 is 11.3 Å². The van der Waals surface area contributed by atoms with Crippen LogP contribution in [0.2, 0.25) is 0 Å². The number of anilines is 1. The smallest absolute Gasteiger partial charge is 0.337 e. The summed E-state index contributed by atoms with van der Waals surface area (Å²) in [5.74, 6) is 0.0680. The minimum Gasteiger partial charge on any atom is -0.497 e. The predicted molar refractivity (Wildman–Crippen MR) is 140 cm³/mol. The minimum absolute atomic E-state index is 0.111. The van der Waals surface area contributed by atoms with Crippen molar-refractivity contribution < 1.29 is 14.3 Å². The van der Waals surface area contributed by atoms with Gasteiger partial charge in [0.15, 0.2) is 5.78 Å². The molecule has 1 N–H and O–H groups in total. The highest BCUT2D eigenvalue weighted by molar-refractivity contribution is 7.18. The summed E-state index contributed by atoms with van der Waals surface area (Å²) in [6.07, 6.45) is 3.64. The number of thiophene rings is 1. The van der Waals surface area contributed by atoms with Crippen LogP contribution in [0, 0.1) is 0 Å². The van der Waals surface area contributed by atoms with Crippen molar-refractivity contribution in [3.63, 3.8) is 0 Å². The zero-order valence-corrected chi connectivity index (χ0v) is 20.8. The third-order valence-corrected chi connectivity index (χ3v) is 7.74. The van der Waals surface area contributed by atoms with Crippen LogP contribution in [0.3, 0.4) is 0 Å². The SMILES string of the molecule is COc1ccc(-n2c(=O)c3c4c(sc3n(CC(=O)Nc3cccc(C(C)=O)c3)c2=O)CCCC4)cc1. The molecule has 184 valence electrons. The molecule has 8 nitrogen and oxygen atoms in total. The number of fused-ring (bicyclic) bond motifs is 3. The molecule has 0 radical (unpaired) electrons. The maximum absolute atomic E-state index is 13.7. The Labute approximate surface area is 210 Å². The van der Waals surface area contributed by atoms with Crippen LogP contribution in [-0.4, -0.2) is 27.9 Å². The van der Waals surface area contributed by atoms with Crippen molar-refractivity contribution >= 4 is 38.9 Å². The highest BCUT2D eigenvalue weighted by Crippen LogP contribution is 2.34. The predicted octanol–water partition coefficient (Wildman–Crippen LogP) is 3.94. The molecule has 0 bridgehead atoms. The lowest BCUT2D eigenvalue weighted by Gasteiger charge is -2.14. The van der Waals surface area contributed by atoms with Crippen LogP contribution in [0.15, 0.2) is 58.1 Å². The van der Waals surface area contributed by atoms with Crippen molar-refractivity contribution in [2.45, 2.75) is 39.2 Å². The minimum atomic E-state index is -0.580. The van der Waals surface area contributed by atoms with Gasteiger partial charge in [-0.3, -0.25) is 19.0 Å². The van der Waals surface area contributed by atoms with Gasteiger partial charge in [-0.1, -0.05) is 12.1 Å². The van der Waals surface area contributed by atoms with E-state index >= 15 is 0 Å². The molecule has 0 saturated carbocycles. The van der Waals surface area contributed by atoms with Gasteiger partial charge in [-0.2, -0.15) is 0 Å². The number of rotatable bonds is 6. The van der Waals surface area contributed by atoms with E-state index in [9.17, 15) is 19.2 Å². The second-order valence-corrected chi connectivity index (χ2v) is 9.87. The summed E-state index contributed by atoms with van der Waals surface area (Å²) in [4.78, 5) is 53.7. The van der Waals surface area contributed by atoms with E-state index in [1.807, 2.05) is 0 Å². The van der Waals surface area contributed by atoms with Crippen molar-refractivity contribution in [1.29, 1.82) is 0 Å². The Morgan fingerprint density at radius 2 is 1.81 bits per heavy atom. The number of aryl methyl sites for hydroxylation is 2. The molecule has 5 rings (SSSR count). The molecule has 2 aromatic carbocycles. The molecule has 36 heavy (non-hydrogen) atoms. The summed E-state index contributed by atoms with van der Waals surface area (Å²) < 4.78 is 7.73. The molecular formula is C27H25N3O5S. The summed E-state index contributed by atoms with van der Waals surface area (Å²) >= 11 is 1.42. The Bertz CT molecular complexity index is 1610. The quantitative estimate of drug-likeness (QED) is 0.402. The van der Waals surface area contributed by atoms with Gasteiger partial charge in [-0.25, -0.2) is 9.36 Å². The third-order valence-electron chi connectivity index (χ3n) is 6.42. The number of ketones is 1. The van der Waals surface area contributed by atoms with Gasteiger partial charge >= 0.3 is 5.69 Å². The van der Waals surface area contributed by atoms with E-state index in [0.717, 1.165) is 40.7 Å². The molecule has 1 amide bonds. The summed E-state index contributed by atoms with van der Waals surface area (Å²) in [5.41, 5.74) is 1.38. The van der Waals surface area contributed by atoms with E-state index in [2.05, 4.69) is 5.32 Å². The number of amides is 1. The summed E-state index contributed by atoms with van der Waals surface area (Å²) in [6.45, 7) is 1.19. The van der Waals surface area contributed by atoms with Gasteiger partial charge in [0.2, 0.25) is 5.91 Å². The molecule has 9 heteroatoms. The molecule has 1 aliphatic carbocycles. The molecule has 0 unspecified atom stereocenters. The molecule has 0 atom stereocenters. The zero-order chi connectivity index (χ0) is 25.4. The van der Waals surface area contributed by atoms with Gasteiger partial charge in [0.1, 0.15) is 17.1 Å². The van der Waals surface area contributed by atoms with E-state index in [1.165, 1.54) is 22.8 Å². The van der Waals surface area contributed by atoms with Crippen LogP contribution in [0.25, 0.3) is 15.9 Å². The normalized spacial score (nSPS) is 12.8. The Morgan fingerprint density at radius 1 is 1.06 bits per heavy atom. The van der Waals surface area contributed by atoms with Crippen molar-refractivity contribution in [3.8, 4) is 11.4 Å². The van der Waals surface area contributed by atoms with Gasteiger partial charge < -0.3 is 10.1 Å². The molecule has 2 heterocycles. The lowest BCUT2D eigenvalue weighted by Crippen LogP contribution is -2.40. The number of hydrogen-bond donors (Lipinski definition) is 1. The van der Waals surface area contributed by atoms with E-state index in [1.54, 1.807) is 55.6 Å². The summed E-state index contributed by atoms with van der Waals surface area (Å²) in [6, 6.07) is 13.3. The van der Waals surface area contributed by atoms with Crippen molar-refractivity contribution in [3.05, 3.63) is 85.4 Å². The van der Waals surface area contributed by atoms with Crippen LogP contribution in [0.4, 0.5) is 5.69 Å². The van der Waals surface area contributed by atoms with E-state index in [4.69, 9.17) is 4.74 Å². The fraction of sp³-hybridized carbons (Fsp3) is 0.259. The van der Waals surface area contributed by atoms with Crippen LogP contribution in [0.1, 0.15) is 40.6 Å². The molecule has 4 aromatic rings. The lowest BCUT2D eigenvalue weighted by atomic mass is 9.97. The Morgan fingerprint density at radius 3 is 2.53 bits per heavy atom. The lowest BCUT2D eigenvalue weighted by molar-refractivity contribution is -0.116. The molecule has 0 fully saturated rings. The molecule has 1 aliphatic rings. The number of carbonyl (C=O) groups is 2. The van der Waals surface area contributed by atoms with Crippen molar-refractivity contribution in [1.82, 2.24) is 9.13 Å². The maximum Gasteiger partial charge on any atom is 0.337 e. The van der Waals surface area contributed by atoms with E-state index < -0.39 is 11.6 Å². The van der Waals surface area contributed by atoms with Crippen LogP contribution in [-0.2, 0) is 24.2 Å². The molecule has 0 aliphatic heterocycles. The van der Waals surface area contributed by atoms with Gasteiger partial charge in [-0.15, -0.1) is 11.3 Å². The summed E-state index contributed by atoms with van der Waals surface area (Å²) in [5, 5.41) is 3.29. The van der Waals surface area contributed by atoms with E-state index in [0.29, 0.717) is 32.9 Å². The highest BCUT2D eigenvalue weighted by atomic mass is 32.1. The Kier molecular flexibility index (Phi) is 6.32. The average molecular weight is 504 g/mol. The number of benzene rings is 2. The van der Waals surface area contributed by atoms with Gasteiger partial charge in [0.05, 0.1) is 18.2 Å². The largest absolute Gasteiger partial charge is 0.497 e. The number of hydrogen-bond acceptors (Lipinski definition) is 6. The highest BCUT2D eigenvalue weighted by Gasteiger charge is 2.25. The first-order chi connectivity index (χ1) is 17.4. The van der Waals surface area contributed by atoms with Crippen LogP contribution < -0.4 is 21.3 Å².